The molecule has 0 aliphatic carbocycles. The van der Waals surface area contributed by atoms with Gasteiger partial charge in [-0.3, -0.25) is 4.79 Å². The summed E-state index contributed by atoms with van der Waals surface area (Å²) >= 11 is 12.1. The van der Waals surface area contributed by atoms with Crippen LogP contribution >= 0.6 is 23.2 Å². The first kappa shape index (κ1) is 21.2. The van der Waals surface area contributed by atoms with E-state index in [2.05, 4.69) is 0 Å². The number of hydrogen-bond acceptors (Lipinski definition) is 5. The highest BCUT2D eigenvalue weighted by atomic mass is 35.5. The number of aliphatic hydroxyl groups is 1. The Morgan fingerprint density at radius 1 is 1.19 bits per heavy atom. The number of benzene rings is 2. The van der Waals surface area contributed by atoms with Crippen molar-refractivity contribution < 1.29 is 19.4 Å². The van der Waals surface area contributed by atoms with Crippen LogP contribution in [0, 0.1) is 0 Å². The predicted octanol–water partition coefficient (Wildman–Crippen LogP) is 3.12. The van der Waals surface area contributed by atoms with Crippen molar-refractivity contribution in [2.75, 3.05) is 31.7 Å². The summed E-state index contributed by atoms with van der Waals surface area (Å²) in [4.78, 5) is 13.0. The summed E-state index contributed by atoms with van der Waals surface area (Å²) in [5.41, 5.74) is 6.09. The molecular formula is C19H22Cl2N2O4. The van der Waals surface area contributed by atoms with Crippen LogP contribution in [0.25, 0.3) is 0 Å². The molecule has 146 valence electrons. The molecule has 1 amide bonds. The van der Waals surface area contributed by atoms with Crippen LogP contribution in [0.1, 0.15) is 6.42 Å². The molecule has 2 rings (SSSR count). The van der Waals surface area contributed by atoms with Crippen LogP contribution in [-0.4, -0.2) is 43.9 Å². The first-order valence-corrected chi connectivity index (χ1v) is 9.08. The summed E-state index contributed by atoms with van der Waals surface area (Å²) in [6.07, 6.45) is -0.678. The molecule has 0 bridgehead atoms. The lowest BCUT2D eigenvalue weighted by Crippen LogP contribution is -2.37. The zero-order chi connectivity index (χ0) is 19.8. The maximum Gasteiger partial charge on any atom is 0.219 e. The van der Waals surface area contributed by atoms with Gasteiger partial charge < -0.3 is 25.2 Å². The second-order valence-corrected chi connectivity index (χ2v) is 6.69. The Kier molecular flexibility index (Phi) is 8.03. The van der Waals surface area contributed by atoms with Gasteiger partial charge in [-0.2, -0.15) is 0 Å². The number of primary amides is 1. The van der Waals surface area contributed by atoms with Crippen molar-refractivity contribution in [3.05, 3.63) is 52.5 Å². The molecule has 3 N–H and O–H groups in total. The number of methoxy groups -OCH3 is 1. The Bertz CT molecular complexity index is 736. The molecule has 0 radical (unpaired) electrons. The number of para-hydroxylation sites is 1. The zero-order valence-corrected chi connectivity index (χ0v) is 16.4. The summed E-state index contributed by atoms with van der Waals surface area (Å²) in [7, 11) is 1.58. The highest BCUT2D eigenvalue weighted by Gasteiger charge is 2.16. The maximum atomic E-state index is 11.2. The monoisotopic (exact) mass is 412 g/mol. The van der Waals surface area contributed by atoms with Gasteiger partial charge in [-0.1, -0.05) is 29.3 Å². The number of ether oxygens (including phenoxy) is 2. The minimum atomic E-state index is -0.840. The first-order valence-electron chi connectivity index (χ1n) is 8.33. The van der Waals surface area contributed by atoms with Crippen molar-refractivity contribution in [2.24, 2.45) is 5.73 Å². The summed E-state index contributed by atoms with van der Waals surface area (Å²) in [5.74, 6) is 0.626. The number of nitrogens with two attached hydrogens (primary N) is 1. The Morgan fingerprint density at radius 2 is 1.81 bits per heavy atom. The molecule has 0 heterocycles. The molecule has 1 atom stereocenters. The van der Waals surface area contributed by atoms with Gasteiger partial charge in [0.05, 0.1) is 17.2 Å². The van der Waals surface area contributed by atoms with Gasteiger partial charge in [0.15, 0.2) is 5.75 Å². The molecule has 2 aromatic rings. The summed E-state index contributed by atoms with van der Waals surface area (Å²) in [5, 5.41) is 11.1. The maximum absolute atomic E-state index is 11.2. The van der Waals surface area contributed by atoms with E-state index in [9.17, 15) is 9.90 Å². The lowest BCUT2D eigenvalue weighted by atomic mass is 10.2. The normalized spacial score (nSPS) is 11.7. The Balaban J connectivity index is 2.03. The van der Waals surface area contributed by atoms with Crippen molar-refractivity contribution in [3.8, 4) is 11.5 Å². The number of anilines is 1. The van der Waals surface area contributed by atoms with Gasteiger partial charge in [0.25, 0.3) is 0 Å². The summed E-state index contributed by atoms with van der Waals surface area (Å²) in [6, 6.07) is 12.3. The number of carbonyl (C=O) groups is 1. The van der Waals surface area contributed by atoms with Crippen LogP contribution in [0.15, 0.2) is 42.5 Å². The topological polar surface area (TPSA) is 85.0 Å². The summed E-state index contributed by atoms with van der Waals surface area (Å²) in [6.45, 7) is 0.597. The second kappa shape index (κ2) is 10.3. The molecular weight excluding hydrogens is 391 g/mol. The Hall–Kier alpha value is -2.15. The molecule has 2 aromatic carbocycles. The van der Waals surface area contributed by atoms with Gasteiger partial charge >= 0.3 is 0 Å². The molecule has 27 heavy (non-hydrogen) atoms. The number of aliphatic hydroxyl groups excluding tert-OH is 1. The highest BCUT2D eigenvalue weighted by molar-refractivity contribution is 6.37. The van der Waals surface area contributed by atoms with Gasteiger partial charge in [-0.25, -0.2) is 0 Å². The SMILES string of the molecule is COc1ccc(N(CCC(N)=O)C[C@@H](O)COc2c(Cl)cccc2Cl)cc1. The average molecular weight is 413 g/mol. The van der Waals surface area contributed by atoms with E-state index in [0.29, 0.717) is 28.1 Å². The third-order valence-electron chi connectivity index (χ3n) is 3.84. The van der Waals surface area contributed by atoms with E-state index >= 15 is 0 Å². The number of nitrogens with zero attached hydrogens (tertiary/aromatic N) is 1. The van der Waals surface area contributed by atoms with E-state index in [1.165, 1.54) is 0 Å². The van der Waals surface area contributed by atoms with Crippen LogP contribution in [0.5, 0.6) is 11.5 Å². The molecule has 0 unspecified atom stereocenters. The fourth-order valence-electron chi connectivity index (χ4n) is 2.47. The largest absolute Gasteiger partial charge is 0.497 e. The number of hydrogen-bond donors (Lipinski definition) is 2. The predicted molar refractivity (Wildman–Crippen MR) is 107 cm³/mol. The smallest absolute Gasteiger partial charge is 0.219 e. The molecule has 0 aliphatic heterocycles. The van der Waals surface area contributed by atoms with Crippen molar-refractivity contribution in [1.82, 2.24) is 0 Å². The van der Waals surface area contributed by atoms with Crippen LogP contribution < -0.4 is 20.1 Å². The minimum absolute atomic E-state index is 0.00726. The standard InChI is InChI=1S/C19H22Cl2N2O4/c1-26-15-7-5-13(6-8-15)23(10-9-18(22)25)11-14(24)12-27-19-16(20)3-2-4-17(19)21/h2-8,14,24H,9-12H2,1H3,(H2,22,25)/t14-/m1/s1. The third-order valence-corrected chi connectivity index (χ3v) is 4.43. The lowest BCUT2D eigenvalue weighted by molar-refractivity contribution is -0.117. The molecule has 0 aromatic heterocycles. The van der Waals surface area contributed by atoms with Gasteiger partial charge in [0, 0.05) is 25.2 Å². The summed E-state index contributed by atoms with van der Waals surface area (Å²) < 4.78 is 10.7. The third kappa shape index (κ3) is 6.50. The van der Waals surface area contributed by atoms with E-state index in [0.717, 1.165) is 5.69 Å². The van der Waals surface area contributed by atoms with E-state index in [-0.39, 0.29) is 19.6 Å². The van der Waals surface area contributed by atoms with Crippen molar-refractivity contribution in [2.45, 2.75) is 12.5 Å². The fraction of sp³-hybridized carbons (Fsp3) is 0.316. The minimum Gasteiger partial charge on any atom is -0.497 e. The van der Waals surface area contributed by atoms with E-state index in [4.69, 9.17) is 38.4 Å². The van der Waals surface area contributed by atoms with Crippen molar-refractivity contribution >= 4 is 34.8 Å². The average Bonchev–Trinajstić information content (AvgIpc) is 2.64. The molecule has 0 saturated carbocycles. The van der Waals surface area contributed by atoms with Gasteiger partial charge in [0.2, 0.25) is 5.91 Å². The number of halogens is 2. The Labute approximate surface area is 168 Å². The van der Waals surface area contributed by atoms with E-state index in [1.807, 2.05) is 17.0 Å². The van der Waals surface area contributed by atoms with Crippen molar-refractivity contribution in [3.63, 3.8) is 0 Å². The number of amides is 1. The van der Waals surface area contributed by atoms with Gasteiger partial charge in [-0.05, 0) is 36.4 Å². The van der Waals surface area contributed by atoms with Crippen LogP contribution in [0.2, 0.25) is 10.0 Å². The van der Waals surface area contributed by atoms with E-state index < -0.39 is 12.0 Å². The van der Waals surface area contributed by atoms with E-state index in [1.54, 1.807) is 37.4 Å². The van der Waals surface area contributed by atoms with Crippen LogP contribution in [0.4, 0.5) is 5.69 Å². The molecule has 0 fully saturated rings. The van der Waals surface area contributed by atoms with Crippen LogP contribution in [-0.2, 0) is 4.79 Å². The number of rotatable bonds is 10. The van der Waals surface area contributed by atoms with Crippen molar-refractivity contribution in [1.29, 1.82) is 0 Å². The fourth-order valence-corrected chi connectivity index (χ4v) is 2.98. The van der Waals surface area contributed by atoms with Gasteiger partial charge in [-0.15, -0.1) is 0 Å². The molecule has 0 aliphatic rings. The number of carbonyl (C=O) groups excluding carboxylic acids is 1. The van der Waals surface area contributed by atoms with Gasteiger partial charge in [0.1, 0.15) is 18.5 Å². The van der Waals surface area contributed by atoms with Crippen LogP contribution in [0.3, 0.4) is 0 Å². The second-order valence-electron chi connectivity index (χ2n) is 5.88. The molecule has 6 nitrogen and oxygen atoms in total. The lowest BCUT2D eigenvalue weighted by Gasteiger charge is -2.27. The quantitative estimate of drug-likeness (QED) is 0.625. The Morgan fingerprint density at radius 3 is 2.37 bits per heavy atom. The zero-order valence-electron chi connectivity index (χ0n) is 14.9. The molecule has 8 heteroatoms. The first-order chi connectivity index (χ1) is 12.9. The molecule has 0 spiro atoms. The molecule has 0 saturated heterocycles. The highest BCUT2D eigenvalue weighted by Crippen LogP contribution is 2.32.